The summed E-state index contributed by atoms with van der Waals surface area (Å²) in [5.74, 6) is 5.84. The Labute approximate surface area is 128 Å². The van der Waals surface area contributed by atoms with Crippen molar-refractivity contribution in [3.8, 4) is 24.0 Å². The van der Waals surface area contributed by atoms with Crippen LogP contribution in [-0.2, 0) is 0 Å². The predicted octanol–water partition coefficient (Wildman–Crippen LogP) is 3.41. The number of rotatable bonds is 0. The van der Waals surface area contributed by atoms with Crippen LogP contribution in [0.4, 0.5) is 0 Å². The monoisotopic (exact) mass is 292 g/mol. The SMILES string of the molecule is N#Cc1cc(S)ccc1C#Cc1ccc(S)cc1C#N. The molecule has 0 aromatic heterocycles. The Morgan fingerprint density at radius 2 is 1.05 bits per heavy atom. The number of benzene rings is 2. The molecule has 0 bridgehead atoms. The maximum Gasteiger partial charge on any atom is 0.100 e. The van der Waals surface area contributed by atoms with Crippen molar-refractivity contribution in [1.82, 2.24) is 0 Å². The van der Waals surface area contributed by atoms with Gasteiger partial charge >= 0.3 is 0 Å². The Kier molecular flexibility index (Phi) is 4.38. The molecule has 2 nitrogen and oxygen atoms in total. The highest BCUT2D eigenvalue weighted by Crippen LogP contribution is 2.15. The van der Waals surface area contributed by atoms with Gasteiger partial charge in [-0.25, -0.2) is 0 Å². The summed E-state index contributed by atoms with van der Waals surface area (Å²) in [5, 5.41) is 18.1. The minimum atomic E-state index is 0.467. The lowest BCUT2D eigenvalue weighted by atomic mass is 10.1. The first-order valence-electron chi connectivity index (χ1n) is 5.62. The lowest BCUT2D eigenvalue weighted by molar-refractivity contribution is 1.38. The molecule has 0 radical (unpaired) electrons. The van der Waals surface area contributed by atoms with Crippen LogP contribution in [-0.4, -0.2) is 0 Å². The van der Waals surface area contributed by atoms with Crippen molar-refractivity contribution in [2.45, 2.75) is 9.79 Å². The maximum atomic E-state index is 9.06. The second-order valence-corrected chi connectivity index (χ2v) is 4.97. The molecule has 20 heavy (non-hydrogen) atoms. The molecule has 0 N–H and O–H groups in total. The molecule has 0 aliphatic rings. The van der Waals surface area contributed by atoms with Crippen LogP contribution in [0.2, 0.25) is 0 Å². The molecule has 0 aliphatic heterocycles. The molecule has 4 heteroatoms. The molecule has 94 valence electrons. The standard InChI is InChI=1S/C16H8N2S2/c17-9-13-7-15(19)5-3-11(13)1-2-12-4-6-16(20)8-14(12)10-18/h3-8,19-20H. The van der Waals surface area contributed by atoms with E-state index in [1.165, 1.54) is 0 Å². The van der Waals surface area contributed by atoms with Gasteiger partial charge in [0.15, 0.2) is 0 Å². The van der Waals surface area contributed by atoms with Crippen LogP contribution < -0.4 is 0 Å². The van der Waals surface area contributed by atoms with E-state index in [0.717, 1.165) is 0 Å². The minimum Gasteiger partial charge on any atom is -0.192 e. The van der Waals surface area contributed by atoms with E-state index in [2.05, 4.69) is 49.2 Å². The topological polar surface area (TPSA) is 47.6 Å². The van der Waals surface area contributed by atoms with E-state index in [4.69, 9.17) is 10.5 Å². The van der Waals surface area contributed by atoms with E-state index in [0.29, 0.717) is 32.0 Å². The summed E-state index contributed by atoms with van der Waals surface area (Å²) < 4.78 is 0. The third kappa shape index (κ3) is 3.16. The number of hydrogen-bond acceptors (Lipinski definition) is 4. The van der Waals surface area contributed by atoms with Crippen molar-refractivity contribution in [3.05, 3.63) is 58.7 Å². The Morgan fingerprint density at radius 1 is 0.650 bits per heavy atom. The van der Waals surface area contributed by atoms with E-state index >= 15 is 0 Å². The summed E-state index contributed by atoms with van der Waals surface area (Å²) in [6.07, 6.45) is 0. The quantitative estimate of drug-likeness (QED) is 0.577. The molecule has 2 rings (SSSR count). The third-order valence-electron chi connectivity index (χ3n) is 2.58. The van der Waals surface area contributed by atoms with Gasteiger partial charge in [0, 0.05) is 20.9 Å². The van der Waals surface area contributed by atoms with E-state index in [9.17, 15) is 0 Å². The zero-order valence-electron chi connectivity index (χ0n) is 10.3. The first-order valence-corrected chi connectivity index (χ1v) is 6.51. The van der Waals surface area contributed by atoms with E-state index in [1.54, 1.807) is 36.4 Å². The van der Waals surface area contributed by atoms with Crippen LogP contribution in [0.1, 0.15) is 22.3 Å². The number of nitriles is 2. The number of nitrogens with zero attached hydrogens (tertiary/aromatic N) is 2. The Bertz CT molecular complexity index is 748. The third-order valence-corrected chi connectivity index (χ3v) is 3.14. The molecule has 0 aliphatic carbocycles. The molecular weight excluding hydrogens is 284 g/mol. The highest BCUT2D eigenvalue weighted by atomic mass is 32.1. The predicted molar refractivity (Wildman–Crippen MR) is 82.8 cm³/mol. The van der Waals surface area contributed by atoms with Crippen LogP contribution in [0.25, 0.3) is 0 Å². The smallest absolute Gasteiger partial charge is 0.100 e. The number of thiol groups is 2. The second-order valence-electron chi connectivity index (χ2n) is 3.93. The van der Waals surface area contributed by atoms with Gasteiger partial charge in [0.25, 0.3) is 0 Å². The number of hydrogen-bond donors (Lipinski definition) is 2. The van der Waals surface area contributed by atoms with Gasteiger partial charge in [-0.2, -0.15) is 10.5 Å². The fraction of sp³-hybridized carbons (Fsp3) is 0. The fourth-order valence-corrected chi connectivity index (χ4v) is 2.01. The van der Waals surface area contributed by atoms with Gasteiger partial charge in [-0.15, -0.1) is 25.3 Å². The highest BCUT2D eigenvalue weighted by molar-refractivity contribution is 7.80. The van der Waals surface area contributed by atoms with Crippen LogP contribution in [0, 0.1) is 34.5 Å². The van der Waals surface area contributed by atoms with Crippen LogP contribution >= 0.6 is 25.3 Å². The van der Waals surface area contributed by atoms with Crippen LogP contribution in [0.3, 0.4) is 0 Å². The summed E-state index contributed by atoms with van der Waals surface area (Å²) in [6, 6.07) is 14.5. The highest BCUT2D eigenvalue weighted by Gasteiger charge is 2.01. The molecule has 0 heterocycles. The zero-order chi connectivity index (χ0) is 14.5. The summed E-state index contributed by atoms with van der Waals surface area (Å²) >= 11 is 8.37. The summed E-state index contributed by atoms with van der Waals surface area (Å²) in [7, 11) is 0. The maximum absolute atomic E-state index is 9.06. The molecule has 0 unspecified atom stereocenters. The minimum absolute atomic E-state index is 0.467. The summed E-state index contributed by atoms with van der Waals surface area (Å²) in [5.41, 5.74) is 2.16. The lowest BCUT2D eigenvalue weighted by Gasteiger charge is -1.98. The molecule has 0 spiro atoms. The molecule has 0 amide bonds. The van der Waals surface area contributed by atoms with Crippen LogP contribution in [0.5, 0.6) is 0 Å². The molecule has 0 atom stereocenters. The lowest BCUT2D eigenvalue weighted by Crippen LogP contribution is -1.86. The van der Waals surface area contributed by atoms with Gasteiger partial charge in [0.1, 0.15) is 12.1 Å². The van der Waals surface area contributed by atoms with E-state index < -0.39 is 0 Å². The Morgan fingerprint density at radius 3 is 1.40 bits per heavy atom. The summed E-state index contributed by atoms with van der Waals surface area (Å²) in [6.45, 7) is 0. The van der Waals surface area contributed by atoms with Crippen molar-refractivity contribution in [2.24, 2.45) is 0 Å². The van der Waals surface area contributed by atoms with Crippen LogP contribution in [0.15, 0.2) is 46.2 Å². The second kappa shape index (κ2) is 6.22. The van der Waals surface area contributed by atoms with Crippen molar-refractivity contribution >= 4 is 25.3 Å². The molecule has 2 aromatic carbocycles. The first kappa shape index (κ1) is 14.1. The van der Waals surface area contributed by atoms with Gasteiger partial charge in [0.2, 0.25) is 0 Å². The molecule has 0 saturated heterocycles. The van der Waals surface area contributed by atoms with Crippen molar-refractivity contribution < 1.29 is 0 Å². The molecular formula is C16H8N2S2. The first-order chi connectivity index (χ1) is 9.63. The van der Waals surface area contributed by atoms with Crippen molar-refractivity contribution in [2.75, 3.05) is 0 Å². The zero-order valence-corrected chi connectivity index (χ0v) is 12.0. The van der Waals surface area contributed by atoms with Gasteiger partial charge in [-0.1, -0.05) is 11.8 Å². The summed E-state index contributed by atoms with van der Waals surface area (Å²) in [4.78, 5) is 1.42. The van der Waals surface area contributed by atoms with E-state index in [-0.39, 0.29) is 0 Å². The van der Waals surface area contributed by atoms with Gasteiger partial charge in [0.05, 0.1) is 11.1 Å². The van der Waals surface area contributed by atoms with Crippen molar-refractivity contribution in [1.29, 1.82) is 10.5 Å². The normalized spacial score (nSPS) is 9.00. The van der Waals surface area contributed by atoms with Gasteiger partial charge in [-0.3, -0.25) is 0 Å². The van der Waals surface area contributed by atoms with E-state index in [1.807, 2.05) is 0 Å². The largest absolute Gasteiger partial charge is 0.192 e. The van der Waals surface area contributed by atoms with Gasteiger partial charge < -0.3 is 0 Å². The van der Waals surface area contributed by atoms with Crippen molar-refractivity contribution in [3.63, 3.8) is 0 Å². The average Bonchev–Trinajstić information content (AvgIpc) is 2.46. The Balaban J connectivity index is 2.48. The van der Waals surface area contributed by atoms with Gasteiger partial charge in [-0.05, 0) is 36.4 Å². The fourth-order valence-electron chi connectivity index (χ4n) is 1.60. The molecule has 2 aromatic rings. The molecule has 0 fully saturated rings. The average molecular weight is 292 g/mol. The molecule has 0 saturated carbocycles. The Hall–Kier alpha value is -2.32.